The van der Waals surface area contributed by atoms with E-state index in [0.717, 1.165) is 12.6 Å². The van der Waals surface area contributed by atoms with Crippen LogP contribution < -0.4 is 0 Å². The Morgan fingerprint density at radius 2 is 2.22 bits per heavy atom. The molecule has 0 bridgehead atoms. The molecule has 2 unspecified atom stereocenters. The summed E-state index contributed by atoms with van der Waals surface area (Å²) in [5.41, 5.74) is 0. The maximum Gasteiger partial charge on any atom is 0.183 e. The van der Waals surface area contributed by atoms with Gasteiger partial charge in [-0.05, 0) is 20.0 Å². The van der Waals surface area contributed by atoms with Crippen LogP contribution in [0.1, 0.15) is 6.42 Å². The average Bonchev–Trinajstić information content (AvgIpc) is 2.07. The first-order chi connectivity index (χ1) is 4.29. The summed E-state index contributed by atoms with van der Waals surface area (Å²) >= 11 is 0. The summed E-state index contributed by atoms with van der Waals surface area (Å²) < 4.78 is 0. The van der Waals surface area contributed by atoms with Crippen LogP contribution in [0.2, 0.25) is 0 Å². The van der Waals surface area contributed by atoms with E-state index in [9.17, 15) is 0 Å². The van der Waals surface area contributed by atoms with Crippen LogP contribution >= 0.6 is 0 Å². The molecule has 2 aliphatic rings. The molecule has 2 fully saturated rings. The number of hydrogen-bond donors (Lipinski definition) is 0. The van der Waals surface area contributed by atoms with Gasteiger partial charge in [0.1, 0.15) is 0 Å². The van der Waals surface area contributed by atoms with Gasteiger partial charge in [0.05, 0.1) is 0 Å². The molecule has 2 atom stereocenters. The zero-order chi connectivity index (χ0) is 6.43. The predicted octanol–water partition coefficient (Wildman–Crippen LogP) is -0.542. The Balaban J connectivity index is 2.03. The molecule has 0 aromatic rings. The van der Waals surface area contributed by atoms with Crippen molar-refractivity contribution in [2.45, 2.75) is 18.5 Å². The second-order valence-corrected chi connectivity index (χ2v) is 3.10. The van der Waals surface area contributed by atoms with Gasteiger partial charge in [-0.1, -0.05) is 0 Å². The van der Waals surface area contributed by atoms with Gasteiger partial charge in [-0.3, -0.25) is 0 Å². The van der Waals surface area contributed by atoms with Crippen molar-refractivity contribution in [2.75, 3.05) is 20.1 Å². The molecule has 0 N–H and O–H groups in total. The van der Waals surface area contributed by atoms with Crippen LogP contribution in [0.5, 0.6) is 0 Å². The maximum absolute atomic E-state index is 5.69. The quantitative estimate of drug-likeness (QED) is 0.398. The molecule has 0 amide bonds. The van der Waals surface area contributed by atoms with E-state index in [2.05, 4.69) is 11.9 Å². The Kier molecular flexibility index (Phi) is 1.11. The average molecular weight is 122 g/mol. The van der Waals surface area contributed by atoms with Gasteiger partial charge in [-0.15, -0.1) is 0 Å². The lowest BCUT2D eigenvalue weighted by Gasteiger charge is -2.44. The minimum Gasteiger partial charge on any atom is -0.349 e. The lowest BCUT2D eigenvalue weighted by Crippen LogP contribution is -2.59. The summed E-state index contributed by atoms with van der Waals surface area (Å²) in [5.74, 6) is 0. The third kappa shape index (κ3) is 0.649. The molecule has 0 aromatic carbocycles. The molecule has 9 heavy (non-hydrogen) atoms. The van der Waals surface area contributed by atoms with Crippen molar-refractivity contribution >= 4 is 7.98 Å². The van der Waals surface area contributed by atoms with E-state index < -0.39 is 0 Å². The molecule has 2 radical (unpaired) electrons. The second kappa shape index (κ2) is 1.73. The topological polar surface area (TPSA) is 6.48 Å². The summed E-state index contributed by atoms with van der Waals surface area (Å²) in [5, 5.41) is 0. The van der Waals surface area contributed by atoms with Crippen LogP contribution in [-0.2, 0) is 0 Å². The summed E-state index contributed by atoms with van der Waals surface area (Å²) in [6.07, 6.45) is 1.26. The Bertz CT molecular complexity index is 126. The van der Waals surface area contributed by atoms with Gasteiger partial charge >= 0.3 is 0 Å². The van der Waals surface area contributed by atoms with Gasteiger partial charge < -0.3 is 9.71 Å². The number of rotatable bonds is 0. The van der Waals surface area contributed by atoms with Gasteiger partial charge in [-0.25, -0.2) is 0 Å². The Morgan fingerprint density at radius 3 is 2.67 bits per heavy atom. The van der Waals surface area contributed by atoms with E-state index >= 15 is 0 Å². The summed E-state index contributed by atoms with van der Waals surface area (Å²) in [6.45, 7) is 2.25. The number of likely N-dealkylation sites (N-methyl/N-ethyl adjacent to an activating group) is 1. The van der Waals surface area contributed by atoms with Crippen LogP contribution in [0.25, 0.3) is 0 Å². The summed E-state index contributed by atoms with van der Waals surface area (Å²) in [4.78, 5) is 4.35. The lowest BCUT2D eigenvalue weighted by molar-refractivity contribution is 0.0782. The largest absolute Gasteiger partial charge is 0.349 e. The van der Waals surface area contributed by atoms with Gasteiger partial charge in [0, 0.05) is 18.6 Å². The standard InChI is InChI=1S/C6H11BN2/c1-8-4-6-5(8)2-3-9(6)7/h5-6H,2-4H2,1H3. The lowest BCUT2D eigenvalue weighted by atomic mass is 9.97. The van der Waals surface area contributed by atoms with E-state index in [1.54, 1.807) is 0 Å². The van der Waals surface area contributed by atoms with E-state index in [-0.39, 0.29) is 0 Å². The third-order valence-corrected chi connectivity index (χ3v) is 2.59. The molecule has 2 rings (SSSR count). The number of hydrogen-bond acceptors (Lipinski definition) is 2. The second-order valence-electron chi connectivity index (χ2n) is 3.10. The first-order valence-corrected chi connectivity index (χ1v) is 3.50. The molecule has 2 aliphatic heterocycles. The highest BCUT2D eigenvalue weighted by Gasteiger charge is 2.42. The van der Waals surface area contributed by atoms with E-state index in [4.69, 9.17) is 7.98 Å². The zero-order valence-corrected chi connectivity index (χ0v) is 5.75. The molecule has 2 nitrogen and oxygen atoms in total. The molecule has 0 aliphatic carbocycles. The van der Waals surface area contributed by atoms with Crippen molar-refractivity contribution in [3.63, 3.8) is 0 Å². The highest BCUT2D eigenvalue weighted by molar-refractivity contribution is 6.04. The van der Waals surface area contributed by atoms with Crippen LogP contribution in [0, 0.1) is 0 Å². The highest BCUT2D eigenvalue weighted by atomic mass is 15.3. The monoisotopic (exact) mass is 122 g/mol. The first-order valence-electron chi connectivity index (χ1n) is 3.50. The van der Waals surface area contributed by atoms with Crippen LogP contribution in [0.4, 0.5) is 0 Å². The SMILES string of the molecule is [B]N1CCC2C1CN2C. The van der Waals surface area contributed by atoms with Crippen molar-refractivity contribution < 1.29 is 0 Å². The summed E-state index contributed by atoms with van der Waals surface area (Å²) in [7, 11) is 7.86. The normalized spacial score (nSPS) is 44.6. The molecule has 0 aromatic heterocycles. The van der Waals surface area contributed by atoms with Crippen molar-refractivity contribution in [3.05, 3.63) is 0 Å². The fourth-order valence-electron chi connectivity index (χ4n) is 1.89. The van der Waals surface area contributed by atoms with Gasteiger partial charge in [0.2, 0.25) is 0 Å². The molecule has 0 spiro atoms. The molecular weight excluding hydrogens is 111 g/mol. The van der Waals surface area contributed by atoms with Crippen molar-refractivity contribution in [1.29, 1.82) is 0 Å². The van der Waals surface area contributed by atoms with Crippen LogP contribution in [0.3, 0.4) is 0 Å². The molecule has 2 saturated heterocycles. The zero-order valence-electron chi connectivity index (χ0n) is 5.75. The Labute approximate surface area is 57.2 Å². The van der Waals surface area contributed by atoms with Crippen molar-refractivity contribution in [2.24, 2.45) is 0 Å². The molecule has 48 valence electrons. The van der Waals surface area contributed by atoms with E-state index in [0.29, 0.717) is 6.04 Å². The molecular formula is C6H11BN2. The van der Waals surface area contributed by atoms with Gasteiger partial charge in [0.25, 0.3) is 0 Å². The predicted molar refractivity (Wildman–Crippen MR) is 37.3 cm³/mol. The Morgan fingerprint density at radius 1 is 1.44 bits per heavy atom. The highest BCUT2D eigenvalue weighted by Crippen LogP contribution is 2.28. The first kappa shape index (κ1) is 5.75. The van der Waals surface area contributed by atoms with Crippen LogP contribution in [0.15, 0.2) is 0 Å². The molecule has 0 saturated carbocycles. The molecule has 2 heterocycles. The van der Waals surface area contributed by atoms with E-state index in [1.807, 2.05) is 4.81 Å². The van der Waals surface area contributed by atoms with Crippen molar-refractivity contribution in [3.8, 4) is 0 Å². The number of fused-ring (bicyclic) bond motifs is 1. The van der Waals surface area contributed by atoms with Gasteiger partial charge in [0.15, 0.2) is 7.98 Å². The third-order valence-electron chi connectivity index (χ3n) is 2.59. The Hall–Kier alpha value is -0.0151. The molecule has 3 heteroatoms. The summed E-state index contributed by atoms with van der Waals surface area (Å²) in [6, 6.07) is 1.45. The number of likely N-dealkylation sites (tertiary alicyclic amines) is 1. The van der Waals surface area contributed by atoms with E-state index in [1.165, 1.54) is 13.0 Å². The number of nitrogens with zero attached hydrogens (tertiary/aromatic N) is 2. The minimum absolute atomic E-state index is 0.676. The van der Waals surface area contributed by atoms with Crippen molar-refractivity contribution in [1.82, 2.24) is 9.71 Å². The minimum atomic E-state index is 0.676. The maximum atomic E-state index is 5.69. The van der Waals surface area contributed by atoms with Gasteiger partial charge in [-0.2, -0.15) is 0 Å². The smallest absolute Gasteiger partial charge is 0.183 e. The van der Waals surface area contributed by atoms with Crippen LogP contribution in [-0.4, -0.2) is 49.9 Å². The fourth-order valence-corrected chi connectivity index (χ4v) is 1.89. The fraction of sp³-hybridized carbons (Fsp3) is 1.00.